The molecular weight excluding hydrogens is 857 g/mol. The van der Waals surface area contributed by atoms with Crippen LogP contribution in [0.4, 0.5) is 17.1 Å². The molecule has 0 bridgehead atoms. The van der Waals surface area contributed by atoms with Crippen LogP contribution in [0.15, 0.2) is 267 Å². The molecule has 12 aromatic rings. The lowest BCUT2D eigenvalue weighted by molar-refractivity contribution is 0.656. The minimum atomic E-state index is -0.159. The van der Waals surface area contributed by atoms with Gasteiger partial charge in [-0.3, -0.25) is 0 Å². The van der Waals surface area contributed by atoms with Crippen molar-refractivity contribution in [3.8, 4) is 72.4 Å². The van der Waals surface area contributed by atoms with Gasteiger partial charge in [0.1, 0.15) is 0 Å². The molecule has 0 spiro atoms. The van der Waals surface area contributed by atoms with Crippen LogP contribution in [-0.2, 0) is 5.41 Å². The Kier molecular flexibility index (Phi) is 10.2. The smallest absolute Gasteiger partial charge is 0.0541 e. The van der Waals surface area contributed by atoms with Gasteiger partial charge in [0, 0.05) is 33.2 Å². The Labute approximate surface area is 416 Å². The molecule has 0 amide bonds. The molecule has 0 unspecified atom stereocenters. The fourth-order valence-electron chi connectivity index (χ4n) is 11.3. The monoisotopic (exact) mass is 906 g/mol. The third-order valence-electron chi connectivity index (χ3n) is 14.8. The topological polar surface area (TPSA) is 8.17 Å². The van der Waals surface area contributed by atoms with Crippen LogP contribution in [0.25, 0.3) is 94.3 Å². The summed E-state index contributed by atoms with van der Waals surface area (Å²) in [6.45, 7) is 4.76. The number of nitrogens with zero attached hydrogens (tertiary/aromatic N) is 2. The lowest BCUT2D eigenvalue weighted by atomic mass is 9.81. The van der Waals surface area contributed by atoms with E-state index in [-0.39, 0.29) is 5.41 Å². The maximum atomic E-state index is 2.52. The molecule has 13 rings (SSSR count). The van der Waals surface area contributed by atoms with Crippen molar-refractivity contribution in [2.24, 2.45) is 0 Å². The Hall–Kier alpha value is -8.98. The predicted octanol–water partition coefficient (Wildman–Crippen LogP) is 18.9. The molecule has 11 aromatic carbocycles. The van der Waals surface area contributed by atoms with Gasteiger partial charge < -0.3 is 9.47 Å². The summed E-state index contributed by atoms with van der Waals surface area (Å²) < 4.78 is 2.52. The highest BCUT2D eigenvalue weighted by atomic mass is 15.1. The summed E-state index contributed by atoms with van der Waals surface area (Å²) in [6.07, 6.45) is 0. The van der Waals surface area contributed by atoms with Gasteiger partial charge in [0.25, 0.3) is 0 Å². The molecule has 1 aliphatic rings. The van der Waals surface area contributed by atoms with Gasteiger partial charge in [0.2, 0.25) is 0 Å². The number of anilines is 3. The fraction of sp³-hybridized carbons (Fsp3) is 0.0435. The van der Waals surface area contributed by atoms with Crippen molar-refractivity contribution in [2.45, 2.75) is 19.3 Å². The highest BCUT2D eigenvalue weighted by Crippen LogP contribution is 2.52. The van der Waals surface area contributed by atoms with Gasteiger partial charge in [0.05, 0.1) is 16.7 Å². The van der Waals surface area contributed by atoms with E-state index in [1.165, 1.54) is 105 Å². The first-order valence-electron chi connectivity index (χ1n) is 24.7. The molecule has 0 fully saturated rings. The third kappa shape index (κ3) is 7.35. The van der Waals surface area contributed by atoms with Crippen molar-refractivity contribution in [3.63, 3.8) is 0 Å². The van der Waals surface area contributed by atoms with E-state index in [2.05, 4.69) is 290 Å². The van der Waals surface area contributed by atoms with Gasteiger partial charge >= 0.3 is 0 Å². The zero-order chi connectivity index (χ0) is 47.5. The zero-order valence-corrected chi connectivity index (χ0v) is 39.8. The van der Waals surface area contributed by atoms with E-state index in [1.54, 1.807) is 0 Å². The van der Waals surface area contributed by atoms with E-state index in [0.717, 1.165) is 17.1 Å². The van der Waals surface area contributed by atoms with Crippen molar-refractivity contribution in [1.82, 2.24) is 4.57 Å². The van der Waals surface area contributed by atoms with Crippen LogP contribution in [-0.4, -0.2) is 4.57 Å². The van der Waals surface area contributed by atoms with Crippen LogP contribution < -0.4 is 4.90 Å². The van der Waals surface area contributed by atoms with E-state index in [4.69, 9.17) is 0 Å². The Bertz CT molecular complexity index is 3920. The summed E-state index contributed by atoms with van der Waals surface area (Å²) in [6, 6.07) is 97.7. The third-order valence-corrected chi connectivity index (χ3v) is 14.8. The summed E-state index contributed by atoms with van der Waals surface area (Å²) in [5.74, 6) is 0. The second-order valence-electron chi connectivity index (χ2n) is 19.3. The van der Waals surface area contributed by atoms with E-state index in [1.807, 2.05) is 0 Å². The zero-order valence-electron chi connectivity index (χ0n) is 39.8. The van der Waals surface area contributed by atoms with Gasteiger partial charge in [0.15, 0.2) is 0 Å². The van der Waals surface area contributed by atoms with Gasteiger partial charge in [-0.2, -0.15) is 0 Å². The van der Waals surface area contributed by atoms with Gasteiger partial charge in [-0.05, 0) is 151 Å². The molecule has 0 atom stereocenters. The van der Waals surface area contributed by atoms with Crippen LogP contribution >= 0.6 is 0 Å². The van der Waals surface area contributed by atoms with Crippen molar-refractivity contribution in [3.05, 3.63) is 278 Å². The summed E-state index contributed by atoms with van der Waals surface area (Å²) in [5.41, 5.74) is 24.1. The second-order valence-corrected chi connectivity index (χ2v) is 19.3. The molecule has 0 saturated carbocycles. The normalized spacial score (nSPS) is 12.5. The summed E-state index contributed by atoms with van der Waals surface area (Å²) >= 11 is 0. The SMILES string of the molecule is CC1(C)c2ccccc2-c2cccc(-n3c4ccc(-c5ccccc5)cc4c4cc(-c5cccc(-c6ccc(N(c7ccc(-c8ccccc8)cc7)c7cccc(-c8ccccc8)c7)cc6)c5)ccc43)c21. The molecule has 1 heterocycles. The summed E-state index contributed by atoms with van der Waals surface area (Å²) in [7, 11) is 0. The highest BCUT2D eigenvalue weighted by Gasteiger charge is 2.38. The van der Waals surface area contributed by atoms with Crippen LogP contribution in [0.3, 0.4) is 0 Å². The fourth-order valence-corrected chi connectivity index (χ4v) is 11.3. The molecule has 2 nitrogen and oxygen atoms in total. The number of hydrogen-bond donors (Lipinski definition) is 0. The molecule has 71 heavy (non-hydrogen) atoms. The lowest BCUT2D eigenvalue weighted by Crippen LogP contribution is -2.18. The van der Waals surface area contributed by atoms with E-state index < -0.39 is 0 Å². The maximum absolute atomic E-state index is 2.52. The second kappa shape index (κ2) is 17.2. The first-order valence-corrected chi connectivity index (χ1v) is 24.7. The number of fused-ring (bicyclic) bond motifs is 6. The molecule has 0 aliphatic heterocycles. The van der Waals surface area contributed by atoms with E-state index in [0.29, 0.717) is 0 Å². The van der Waals surface area contributed by atoms with Crippen molar-refractivity contribution < 1.29 is 0 Å². The van der Waals surface area contributed by atoms with Gasteiger partial charge in [-0.15, -0.1) is 0 Å². The molecule has 0 N–H and O–H groups in total. The van der Waals surface area contributed by atoms with Gasteiger partial charge in [-0.1, -0.05) is 208 Å². The van der Waals surface area contributed by atoms with Gasteiger partial charge in [-0.25, -0.2) is 0 Å². The summed E-state index contributed by atoms with van der Waals surface area (Å²) in [5, 5.41) is 2.48. The largest absolute Gasteiger partial charge is 0.310 e. The average Bonchev–Trinajstić information content (AvgIpc) is 3.89. The average molecular weight is 907 g/mol. The predicted molar refractivity (Wildman–Crippen MR) is 300 cm³/mol. The minimum Gasteiger partial charge on any atom is -0.310 e. The number of benzene rings is 11. The Balaban J connectivity index is 0.893. The number of rotatable bonds is 9. The first kappa shape index (κ1) is 42.1. The standard InChI is InChI=1S/C69H50N2/c1-69(2)64-29-13-12-27-60(64)61-28-16-30-67(68(61)69)71-65-41-35-55(49-21-10-5-11-22-49)45-62(65)63-46-56(36-42-66(63)71)53-24-14-23-52(43-53)51-33-39-58(40-34-51)70(57-37-31-50(32-38-57)47-17-6-3-7-18-47)59-26-15-25-54(44-59)48-19-8-4-9-20-48/h3-46H,1-2H3. The maximum Gasteiger partial charge on any atom is 0.0541 e. The highest BCUT2D eigenvalue weighted by molar-refractivity contribution is 6.12. The molecule has 0 radical (unpaired) electrons. The van der Waals surface area contributed by atoms with Crippen molar-refractivity contribution in [2.75, 3.05) is 4.90 Å². The molecule has 1 aliphatic carbocycles. The molecule has 2 heteroatoms. The van der Waals surface area contributed by atoms with Crippen molar-refractivity contribution >= 4 is 38.9 Å². The minimum absolute atomic E-state index is 0.159. The molecular formula is C69H50N2. The molecule has 1 aromatic heterocycles. The first-order chi connectivity index (χ1) is 35.0. The lowest BCUT2D eigenvalue weighted by Gasteiger charge is -2.26. The van der Waals surface area contributed by atoms with E-state index in [9.17, 15) is 0 Å². The van der Waals surface area contributed by atoms with Crippen LogP contribution in [0.2, 0.25) is 0 Å². The van der Waals surface area contributed by atoms with E-state index >= 15 is 0 Å². The number of aromatic nitrogens is 1. The molecule has 0 saturated heterocycles. The number of hydrogen-bond acceptors (Lipinski definition) is 1. The Morgan fingerprint density at radius 2 is 0.690 bits per heavy atom. The van der Waals surface area contributed by atoms with Crippen LogP contribution in [0, 0.1) is 0 Å². The molecule has 336 valence electrons. The van der Waals surface area contributed by atoms with Crippen LogP contribution in [0.1, 0.15) is 25.0 Å². The summed E-state index contributed by atoms with van der Waals surface area (Å²) in [4.78, 5) is 2.36. The Morgan fingerprint density at radius 1 is 0.296 bits per heavy atom. The quantitative estimate of drug-likeness (QED) is 0.140. The Morgan fingerprint density at radius 3 is 1.28 bits per heavy atom. The van der Waals surface area contributed by atoms with Crippen LogP contribution in [0.5, 0.6) is 0 Å². The van der Waals surface area contributed by atoms with Crippen molar-refractivity contribution in [1.29, 1.82) is 0 Å².